The van der Waals surface area contributed by atoms with E-state index in [9.17, 15) is 9.59 Å². The number of hydrogen-bond acceptors (Lipinski definition) is 4. The molecule has 2 amide bonds. The molecule has 4 rings (SSSR count). The average Bonchev–Trinajstić information content (AvgIpc) is 2.94. The zero-order valence-corrected chi connectivity index (χ0v) is 16.1. The lowest BCUT2D eigenvalue weighted by molar-refractivity contribution is -0.908. The van der Waals surface area contributed by atoms with Gasteiger partial charge in [0.15, 0.2) is 0 Å². The third kappa shape index (κ3) is 4.18. The van der Waals surface area contributed by atoms with Crippen LogP contribution in [0.3, 0.4) is 0 Å². The van der Waals surface area contributed by atoms with E-state index in [1.165, 1.54) is 9.80 Å². The minimum absolute atomic E-state index is 0. The molecule has 0 radical (unpaired) electrons. The fourth-order valence-electron chi connectivity index (χ4n) is 3.91. The van der Waals surface area contributed by atoms with Gasteiger partial charge in [-0.15, -0.1) is 0 Å². The fourth-order valence-corrected chi connectivity index (χ4v) is 3.91. The number of hydrogen-bond donors (Lipinski definition) is 1. The maximum absolute atomic E-state index is 12.7. The summed E-state index contributed by atoms with van der Waals surface area (Å²) in [5.41, 5.74) is 2.03. The van der Waals surface area contributed by atoms with Crippen LogP contribution in [0.2, 0.25) is 0 Å². The second kappa shape index (κ2) is 8.87. The molecule has 0 aromatic heterocycles. The van der Waals surface area contributed by atoms with Gasteiger partial charge in [-0.25, -0.2) is 4.90 Å². The maximum Gasteiger partial charge on any atom is 0.261 e. The first-order chi connectivity index (χ1) is 12.7. The van der Waals surface area contributed by atoms with E-state index >= 15 is 0 Å². The van der Waals surface area contributed by atoms with E-state index in [-0.39, 0.29) is 24.2 Å². The number of morpholine rings is 1. The number of anilines is 1. The van der Waals surface area contributed by atoms with Gasteiger partial charge in [-0.3, -0.25) is 9.59 Å². The van der Waals surface area contributed by atoms with Crippen molar-refractivity contribution in [2.75, 3.05) is 44.4 Å². The molecule has 0 spiro atoms. The normalized spacial score (nSPS) is 20.5. The van der Waals surface area contributed by atoms with Crippen molar-refractivity contribution >= 4 is 17.5 Å². The van der Waals surface area contributed by atoms with Crippen LogP contribution in [0.4, 0.5) is 5.69 Å². The van der Waals surface area contributed by atoms with Gasteiger partial charge >= 0.3 is 0 Å². The summed E-state index contributed by atoms with van der Waals surface area (Å²) in [4.78, 5) is 28.1. The second-order valence-electron chi connectivity index (χ2n) is 7.07. The van der Waals surface area contributed by atoms with E-state index in [1.54, 1.807) is 12.1 Å². The summed E-state index contributed by atoms with van der Waals surface area (Å²) < 4.78 is 11.2. The fraction of sp³-hybridized carbons (Fsp3) is 0.500. The number of nitrogens with zero attached hydrogens (tertiary/aromatic N) is 1. The van der Waals surface area contributed by atoms with E-state index in [2.05, 4.69) is 0 Å². The molecule has 0 atom stereocenters. The lowest BCUT2D eigenvalue weighted by Crippen LogP contribution is -3.14. The Morgan fingerprint density at radius 1 is 1.04 bits per heavy atom. The van der Waals surface area contributed by atoms with E-state index in [0.717, 1.165) is 58.5 Å². The molecule has 1 aliphatic carbocycles. The summed E-state index contributed by atoms with van der Waals surface area (Å²) in [7, 11) is 0. The van der Waals surface area contributed by atoms with E-state index in [4.69, 9.17) is 9.47 Å². The standard InChI is InChI=1S/C20H24N2O4.ClH/c23-19-17-6-1-2-7-18(17)20(24)22(19)15-4-3-5-16(14-15)26-13-10-21-8-11-25-12-9-21;/h3-5,14H,1-2,6-13H2;1H. The Balaban J connectivity index is 0.00000210. The molecule has 146 valence electrons. The first-order valence-corrected chi connectivity index (χ1v) is 9.49. The third-order valence-corrected chi connectivity index (χ3v) is 5.39. The van der Waals surface area contributed by atoms with Crippen LogP contribution in [0, 0.1) is 0 Å². The minimum Gasteiger partial charge on any atom is -1.00 e. The number of imide groups is 1. The summed E-state index contributed by atoms with van der Waals surface area (Å²) >= 11 is 0. The number of rotatable bonds is 5. The third-order valence-electron chi connectivity index (χ3n) is 5.39. The summed E-state index contributed by atoms with van der Waals surface area (Å²) in [6.45, 7) is 5.17. The van der Waals surface area contributed by atoms with Crippen LogP contribution in [0.25, 0.3) is 0 Å². The van der Waals surface area contributed by atoms with Crippen molar-refractivity contribution in [1.82, 2.24) is 0 Å². The first-order valence-electron chi connectivity index (χ1n) is 9.49. The maximum atomic E-state index is 12.7. The van der Waals surface area contributed by atoms with Crippen LogP contribution < -0.4 is 26.9 Å². The zero-order chi connectivity index (χ0) is 17.9. The quantitative estimate of drug-likeness (QED) is 0.574. The molecular formula is C20H25ClN2O4. The molecule has 3 aliphatic rings. The molecule has 0 bridgehead atoms. The summed E-state index contributed by atoms with van der Waals surface area (Å²) in [6.07, 6.45) is 3.40. The minimum atomic E-state index is -0.153. The smallest absolute Gasteiger partial charge is 0.261 e. The van der Waals surface area contributed by atoms with Gasteiger partial charge in [0.1, 0.15) is 32.0 Å². The van der Waals surface area contributed by atoms with Gasteiger partial charge < -0.3 is 26.8 Å². The number of ether oxygens (including phenoxy) is 2. The van der Waals surface area contributed by atoms with Gasteiger partial charge in [-0.1, -0.05) is 6.07 Å². The van der Waals surface area contributed by atoms with E-state index < -0.39 is 0 Å². The Hall–Kier alpha value is -1.89. The lowest BCUT2D eigenvalue weighted by Gasteiger charge is -2.23. The van der Waals surface area contributed by atoms with Crippen LogP contribution in [0.5, 0.6) is 5.75 Å². The van der Waals surface area contributed by atoms with Crippen molar-refractivity contribution in [3.05, 3.63) is 35.4 Å². The number of carbonyl (C=O) groups excluding carboxylic acids is 2. The number of nitrogens with one attached hydrogen (secondary N) is 1. The summed E-state index contributed by atoms with van der Waals surface area (Å²) in [6, 6.07) is 7.30. The average molecular weight is 393 g/mol. The molecule has 1 fully saturated rings. The Morgan fingerprint density at radius 2 is 1.70 bits per heavy atom. The van der Waals surface area contributed by atoms with Gasteiger partial charge in [-0.2, -0.15) is 0 Å². The molecule has 1 aromatic carbocycles. The van der Waals surface area contributed by atoms with Gasteiger partial charge in [0, 0.05) is 17.2 Å². The van der Waals surface area contributed by atoms with Crippen molar-refractivity contribution < 1.29 is 36.4 Å². The lowest BCUT2D eigenvalue weighted by atomic mass is 9.93. The molecule has 27 heavy (non-hydrogen) atoms. The van der Waals surface area contributed by atoms with Gasteiger partial charge in [-0.05, 0) is 37.8 Å². The van der Waals surface area contributed by atoms with Crippen molar-refractivity contribution in [3.8, 4) is 5.75 Å². The van der Waals surface area contributed by atoms with E-state index in [0.29, 0.717) is 29.2 Å². The topological polar surface area (TPSA) is 60.3 Å². The molecule has 6 nitrogen and oxygen atoms in total. The monoisotopic (exact) mass is 392 g/mol. The van der Waals surface area contributed by atoms with Crippen LogP contribution in [0.1, 0.15) is 25.7 Å². The van der Waals surface area contributed by atoms with Crippen molar-refractivity contribution in [1.29, 1.82) is 0 Å². The number of benzene rings is 1. The molecule has 0 unspecified atom stereocenters. The van der Waals surface area contributed by atoms with Crippen LogP contribution in [0.15, 0.2) is 35.4 Å². The van der Waals surface area contributed by atoms with Gasteiger partial charge in [0.2, 0.25) is 0 Å². The largest absolute Gasteiger partial charge is 1.00 e. The Bertz CT molecular complexity index is 715. The number of halogens is 1. The van der Waals surface area contributed by atoms with Gasteiger partial charge in [0.05, 0.1) is 18.9 Å². The van der Waals surface area contributed by atoms with Crippen LogP contribution >= 0.6 is 0 Å². The number of quaternary nitrogens is 1. The van der Waals surface area contributed by atoms with Crippen LogP contribution in [-0.2, 0) is 14.3 Å². The van der Waals surface area contributed by atoms with Crippen molar-refractivity contribution in [3.63, 3.8) is 0 Å². The molecular weight excluding hydrogens is 368 g/mol. The molecule has 1 saturated heterocycles. The molecule has 0 saturated carbocycles. The number of amides is 2. The van der Waals surface area contributed by atoms with Crippen molar-refractivity contribution in [2.45, 2.75) is 25.7 Å². The molecule has 7 heteroatoms. The second-order valence-corrected chi connectivity index (χ2v) is 7.07. The Morgan fingerprint density at radius 3 is 2.37 bits per heavy atom. The Kier molecular flexibility index (Phi) is 6.52. The highest BCUT2D eigenvalue weighted by atomic mass is 35.5. The summed E-state index contributed by atoms with van der Waals surface area (Å²) in [5.74, 6) is 0.389. The predicted molar refractivity (Wildman–Crippen MR) is 96.3 cm³/mol. The highest BCUT2D eigenvalue weighted by Gasteiger charge is 2.39. The van der Waals surface area contributed by atoms with Crippen molar-refractivity contribution in [2.24, 2.45) is 0 Å². The molecule has 2 heterocycles. The molecule has 1 N–H and O–H groups in total. The van der Waals surface area contributed by atoms with Gasteiger partial charge in [0.25, 0.3) is 11.8 Å². The predicted octanol–water partition coefficient (Wildman–Crippen LogP) is -2.27. The van der Waals surface area contributed by atoms with Crippen LogP contribution in [-0.4, -0.2) is 51.3 Å². The number of carbonyl (C=O) groups is 2. The highest BCUT2D eigenvalue weighted by Crippen LogP contribution is 2.36. The first kappa shape index (κ1) is 19.9. The SMILES string of the molecule is O=C1C2=C(CCCC2)C(=O)N1c1cccc(OCC[NH+]2CCOCC2)c1.[Cl-]. The highest BCUT2D eigenvalue weighted by molar-refractivity contribution is 6.33. The van der Waals surface area contributed by atoms with E-state index in [1.807, 2.05) is 12.1 Å². The summed E-state index contributed by atoms with van der Waals surface area (Å²) in [5, 5.41) is 0. The Labute approximate surface area is 165 Å². The molecule has 1 aromatic rings. The zero-order valence-electron chi connectivity index (χ0n) is 15.3. The molecule has 2 aliphatic heterocycles.